The lowest BCUT2D eigenvalue weighted by atomic mass is 10.2. The molecule has 2 aromatic carbocycles. The highest BCUT2D eigenvalue weighted by Gasteiger charge is 2.10. The van der Waals surface area contributed by atoms with E-state index in [0.717, 1.165) is 0 Å². The van der Waals surface area contributed by atoms with Crippen LogP contribution in [0.25, 0.3) is 22.6 Å². The van der Waals surface area contributed by atoms with Crippen molar-refractivity contribution in [2.75, 3.05) is 12.8 Å². The first-order chi connectivity index (χ1) is 9.17. The third kappa shape index (κ3) is 1.99. The number of nitrogens with two attached hydrogens (primary N) is 1. The van der Waals surface area contributed by atoms with E-state index in [1.165, 1.54) is 12.1 Å². The van der Waals surface area contributed by atoms with Crippen LogP contribution in [-0.4, -0.2) is 12.1 Å². The van der Waals surface area contributed by atoms with Crippen LogP contribution in [0.15, 0.2) is 40.8 Å². The van der Waals surface area contributed by atoms with Crippen molar-refractivity contribution >= 4 is 16.8 Å². The molecule has 0 aliphatic carbocycles. The van der Waals surface area contributed by atoms with E-state index in [1.807, 2.05) is 0 Å². The Bertz CT molecular complexity index is 752. The second-order valence-corrected chi connectivity index (χ2v) is 4.09. The summed E-state index contributed by atoms with van der Waals surface area (Å²) in [5, 5.41) is 0. The zero-order valence-electron chi connectivity index (χ0n) is 10.2. The second kappa shape index (κ2) is 4.28. The Morgan fingerprint density at radius 1 is 1.21 bits per heavy atom. The highest BCUT2D eigenvalue weighted by Crippen LogP contribution is 2.28. The summed E-state index contributed by atoms with van der Waals surface area (Å²) in [6, 6.07) is 9.71. The predicted molar refractivity (Wildman–Crippen MR) is 70.4 cm³/mol. The van der Waals surface area contributed by atoms with Crippen LogP contribution in [0.3, 0.4) is 0 Å². The van der Waals surface area contributed by atoms with Gasteiger partial charge in [0.25, 0.3) is 0 Å². The van der Waals surface area contributed by atoms with E-state index in [1.54, 1.807) is 31.4 Å². The summed E-state index contributed by atoms with van der Waals surface area (Å²) in [6.45, 7) is 0. The molecule has 3 aromatic rings. The molecule has 1 aromatic heterocycles. The van der Waals surface area contributed by atoms with Crippen molar-refractivity contribution in [1.29, 1.82) is 0 Å². The van der Waals surface area contributed by atoms with Gasteiger partial charge in [0.15, 0.2) is 5.58 Å². The second-order valence-electron chi connectivity index (χ2n) is 4.09. The van der Waals surface area contributed by atoms with Gasteiger partial charge in [-0.3, -0.25) is 0 Å². The molecule has 0 aliphatic rings. The molecule has 0 bridgehead atoms. The van der Waals surface area contributed by atoms with Gasteiger partial charge in [0.05, 0.1) is 12.8 Å². The van der Waals surface area contributed by atoms with E-state index in [0.29, 0.717) is 28.3 Å². The number of ether oxygens (including phenoxy) is 1. The maximum absolute atomic E-state index is 13.1. The Balaban J connectivity index is 2.11. The summed E-state index contributed by atoms with van der Waals surface area (Å²) in [4.78, 5) is 4.33. The van der Waals surface area contributed by atoms with Gasteiger partial charge in [0.2, 0.25) is 5.89 Å². The lowest BCUT2D eigenvalue weighted by molar-refractivity contribution is 0.414. The van der Waals surface area contributed by atoms with Crippen molar-refractivity contribution in [3.05, 3.63) is 42.2 Å². The number of halogens is 1. The molecule has 0 spiro atoms. The lowest BCUT2D eigenvalue weighted by Gasteiger charge is -1.98. The number of nitrogen functional groups attached to an aromatic ring is 1. The van der Waals surface area contributed by atoms with E-state index >= 15 is 0 Å². The normalized spacial score (nSPS) is 10.8. The SMILES string of the molecule is COc1ccc2nc(-c3ccc(F)c(N)c3)oc2c1. The molecule has 2 N–H and O–H groups in total. The van der Waals surface area contributed by atoms with Crippen LogP contribution in [0.2, 0.25) is 0 Å². The van der Waals surface area contributed by atoms with Crippen molar-refractivity contribution in [2.24, 2.45) is 0 Å². The standard InChI is InChI=1S/C14H11FN2O2/c1-18-9-3-5-12-13(7-9)19-14(17-12)8-2-4-10(15)11(16)6-8/h2-7H,16H2,1H3. The molecule has 1 heterocycles. The predicted octanol–water partition coefficient (Wildman–Crippen LogP) is 3.22. The molecule has 0 unspecified atom stereocenters. The van der Waals surface area contributed by atoms with Gasteiger partial charge in [0.1, 0.15) is 17.1 Å². The molecule has 0 saturated carbocycles. The highest BCUT2D eigenvalue weighted by molar-refractivity contribution is 5.78. The maximum atomic E-state index is 13.1. The summed E-state index contributed by atoms with van der Waals surface area (Å²) in [5.41, 5.74) is 7.55. The van der Waals surface area contributed by atoms with Gasteiger partial charge >= 0.3 is 0 Å². The molecule has 96 valence electrons. The van der Waals surface area contributed by atoms with E-state index in [9.17, 15) is 4.39 Å². The van der Waals surface area contributed by atoms with Crippen molar-refractivity contribution in [3.8, 4) is 17.2 Å². The average molecular weight is 258 g/mol. The first-order valence-corrected chi connectivity index (χ1v) is 5.67. The molecular formula is C14H11FN2O2. The minimum Gasteiger partial charge on any atom is -0.497 e. The summed E-state index contributed by atoms with van der Waals surface area (Å²) in [5.74, 6) is 0.630. The molecule has 0 radical (unpaired) electrons. The number of anilines is 1. The van der Waals surface area contributed by atoms with Crippen LogP contribution in [0, 0.1) is 5.82 Å². The monoisotopic (exact) mass is 258 g/mol. The highest BCUT2D eigenvalue weighted by atomic mass is 19.1. The number of rotatable bonds is 2. The summed E-state index contributed by atoms with van der Waals surface area (Å²) in [7, 11) is 1.58. The fraction of sp³-hybridized carbons (Fsp3) is 0.0714. The van der Waals surface area contributed by atoms with Crippen LogP contribution in [-0.2, 0) is 0 Å². The Morgan fingerprint density at radius 2 is 2.05 bits per heavy atom. The number of oxazole rings is 1. The zero-order chi connectivity index (χ0) is 13.4. The number of methoxy groups -OCH3 is 1. The molecule has 0 amide bonds. The quantitative estimate of drug-likeness (QED) is 0.717. The third-order valence-electron chi connectivity index (χ3n) is 2.84. The Morgan fingerprint density at radius 3 is 2.79 bits per heavy atom. The Hall–Kier alpha value is -2.56. The lowest BCUT2D eigenvalue weighted by Crippen LogP contribution is -1.90. The molecule has 3 rings (SSSR count). The van der Waals surface area contributed by atoms with Crippen molar-refractivity contribution < 1.29 is 13.5 Å². The first-order valence-electron chi connectivity index (χ1n) is 5.67. The molecule has 4 nitrogen and oxygen atoms in total. The maximum Gasteiger partial charge on any atom is 0.227 e. The molecule has 19 heavy (non-hydrogen) atoms. The van der Waals surface area contributed by atoms with Gasteiger partial charge in [-0.1, -0.05) is 0 Å². The van der Waals surface area contributed by atoms with Gasteiger partial charge in [-0.2, -0.15) is 0 Å². The van der Waals surface area contributed by atoms with Crippen molar-refractivity contribution in [2.45, 2.75) is 0 Å². The molecule has 0 aliphatic heterocycles. The number of hydrogen-bond donors (Lipinski definition) is 1. The van der Waals surface area contributed by atoms with Gasteiger partial charge in [0, 0.05) is 11.6 Å². The summed E-state index contributed by atoms with van der Waals surface area (Å²) >= 11 is 0. The average Bonchev–Trinajstić information content (AvgIpc) is 2.84. The Labute approximate surface area is 108 Å². The molecule has 5 heteroatoms. The van der Waals surface area contributed by atoms with Crippen LogP contribution in [0.5, 0.6) is 5.75 Å². The topological polar surface area (TPSA) is 61.3 Å². The van der Waals surface area contributed by atoms with Gasteiger partial charge in [-0.05, 0) is 30.3 Å². The van der Waals surface area contributed by atoms with Gasteiger partial charge < -0.3 is 14.9 Å². The van der Waals surface area contributed by atoms with Crippen LogP contribution in [0.1, 0.15) is 0 Å². The fourth-order valence-corrected chi connectivity index (χ4v) is 1.83. The van der Waals surface area contributed by atoms with Crippen molar-refractivity contribution in [3.63, 3.8) is 0 Å². The minimum atomic E-state index is -0.457. The number of aromatic nitrogens is 1. The number of fused-ring (bicyclic) bond motifs is 1. The largest absolute Gasteiger partial charge is 0.497 e. The van der Waals surface area contributed by atoms with Gasteiger partial charge in [-0.15, -0.1) is 0 Å². The number of benzene rings is 2. The van der Waals surface area contributed by atoms with Crippen LogP contribution in [0.4, 0.5) is 10.1 Å². The molecule has 0 fully saturated rings. The first kappa shape index (κ1) is 11.5. The van der Waals surface area contributed by atoms with Gasteiger partial charge in [-0.25, -0.2) is 9.37 Å². The van der Waals surface area contributed by atoms with Crippen molar-refractivity contribution in [1.82, 2.24) is 4.98 Å². The van der Waals surface area contributed by atoms with E-state index in [4.69, 9.17) is 14.9 Å². The number of nitrogens with zero attached hydrogens (tertiary/aromatic N) is 1. The van der Waals surface area contributed by atoms with Crippen LogP contribution < -0.4 is 10.5 Å². The number of hydrogen-bond acceptors (Lipinski definition) is 4. The van der Waals surface area contributed by atoms with E-state index in [2.05, 4.69) is 4.98 Å². The third-order valence-corrected chi connectivity index (χ3v) is 2.84. The minimum absolute atomic E-state index is 0.0670. The smallest absolute Gasteiger partial charge is 0.227 e. The van der Waals surface area contributed by atoms with E-state index < -0.39 is 5.82 Å². The Kier molecular flexibility index (Phi) is 2.59. The summed E-state index contributed by atoms with van der Waals surface area (Å²) in [6.07, 6.45) is 0. The molecular weight excluding hydrogens is 247 g/mol. The summed E-state index contributed by atoms with van der Waals surface area (Å²) < 4.78 is 23.9. The van der Waals surface area contributed by atoms with Crippen LogP contribution >= 0.6 is 0 Å². The molecule has 0 saturated heterocycles. The van der Waals surface area contributed by atoms with E-state index in [-0.39, 0.29) is 5.69 Å². The zero-order valence-corrected chi connectivity index (χ0v) is 10.2. The molecule has 0 atom stereocenters. The fourth-order valence-electron chi connectivity index (χ4n) is 1.83.